The molecule has 0 aliphatic carbocycles. The van der Waals surface area contributed by atoms with Crippen LogP contribution in [0.1, 0.15) is 0 Å². The number of anilines is 1. The second-order valence-electron chi connectivity index (χ2n) is 2.23. The van der Waals surface area contributed by atoms with Crippen molar-refractivity contribution in [3.8, 4) is 11.5 Å². The molecule has 0 amide bonds. The average molecular weight is 269 g/mol. The van der Waals surface area contributed by atoms with Gasteiger partial charge < -0.3 is 15.2 Å². The van der Waals surface area contributed by atoms with E-state index in [4.69, 9.17) is 15.2 Å². The number of hydrogen-bond acceptors (Lipinski definition) is 3. The Bertz CT molecular complexity index is 294. The van der Waals surface area contributed by atoms with Gasteiger partial charge in [-0.05, 0) is 12.1 Å². The van der Waals surface area contributed by atoms with E-state index in [2.05, 4.69) is 15.9 Å². The molecule has 0 saturated carbocycles. The fraction of sp³-hybridized carbons (Fsp3) is 0.250. The molecule has 0 saturated heterocycles. The minimum absolute atomic E-state index is 0. The number of benzene rings is 1. The normalized spacial score (nSPS) is 8.85. The first kappa shape index (κ1) is 12.4. The molecule has 0 aliphatic heterocycles. The maximum Gasteiger partial charge on any atom is 0.183 e. The van der Waals surface area contributed by atoms with Crippen molar-refractivity contribution in [3.05, 3.63) is 16.6 Å². The zero-order valence-electron chi connectivity index (χ0n) is 7.33. The molecule has 0 atom stereocenters. The third kappa shape index (κ3) is 2.67. The highest BCUT2D eigenvalue weighted by Crippen LogP contribution is 2.36. The summed E-state index contributed by atoms with van der Waals surface area (Å²) >= 11 is 3.30. The molecule has 3 nitrogen and oxygen atoms in total. The Hall–Kier alpha value is -0.610. The zero-order chi connectivity index (χ0) is 9.14. The van der Waals surface area contributed by atoms with Gasteiger partial charge in [0.15, 0.2) is 11.5 Å². The number of nitrogen functional groups attached to an aromatic ring is 1. The van der Waals surface area contributed by atoms with Gasteiger partial charge in [-0.1, -0.05) is 15.9 Å². The predicted molar refractivity (Wildman–Crippen MR) is 58.9 cm³/mol. The van der Waals surface area contributed by atoms with Gasteiger partial charge in [0.2, 0.25) is 0 Å². The van der Waals surface area contributed by atoms with Crippen LogP contribution in [0.4, 0.5) is 5.69 Å². The van der Waals surface area contributed by atoms with Gasteiger partial charge in [0.05, 0.1) is 19.9 Å². The third-order valence-corrected chi connectivity index (χ3v) is 1.93. The highest BCUT2D eigenvalue weighted by atomic mass is 79.9. The number of methoxy groups -OCH3 is 2. The van der Waals surface area contributed by atoms with Crippen molar-refractivity contribution < 1.29 is 9.47 Å². The molecule has 0 unspecified atom stereocenters. The Kier molecular flexibility index (Phi) is 4.95. The lowest BCUT2D eigenvalue weighted by Gasteiger charge is -2.09. The highest BCUT2D eigenvalue weighted by Gasteiger charge is 2.07. The van der Waals surface area contributed by atoms with Crippen molar-refractivity contribution in [1.29, 1.82) is 0 Å². The molecule has 0 spiro atoms. The molecule has 1 rings (SSSR count). The molecule has 0 aliphatic rings. The van der Waals surface area contributed by atoms with Gasteiger partial charge in [-0.25, -0.2) is 0 Å². The second kappa shape index (κ2) is 5.19. The maximum atomic E-state index is 5.67. The van der Waals surface area contributed by atoms with Crippen LogP contribution in [0.15, 0.2) is 16.6 Å². The summed E-state index contributed by atoms with van der Waals surface area (Å²) in [4.78, 5) is 0. The van der Waals surface area contributed by atoms with Crippen LogP contribution in [0, 0.1) is 0 Å². The molecule has 5 heteroatoms. The summed E-state index contributed by atoms with van der Waals surface area (Å²) in [6, 6.07) is 3.57. The van der Waals surface area contributed by atoms with Crippen molar-refractivity contribution in [2.75, 3.05) is 20.0 Å². The van der Waals surface area contributed by atoms with E-state index in [9.17, 15) is 0 Å². The maximum absolute atomic E-state index is 5.67. The minimum atomic E-state index is 0. The third-order valence-electron chi connectivity index (χ3n) is 1.47. The molecule has 74 valence electrons. The predicted octanol–water partition coefficient (Wildman–Crippen LogP) is 2.47. The Morgan fingerprint density at radius 2 is 1.85 bits per heavy atom. The van der Waals surface area contributed by atoms with Gasteiger partial charge in [0.1, 0.15) is 0 Å². The number of hydrogen-bond donors (Lipinski definition) is 1. The summed E-state index contributed by atoms with van der Waals surface area (Å²) in [7, 11) is 3.13. The van der Waals surface area contributed by atoms with Crippen molar-refractivity contribution in [2.24, 2.45) is 0 Å². The lowest BCUT2D eigenvalue weighted by Crippen LogP contribution is -1.95. The SMILES string of the molecule is COc1cc(Br)cc(N)c1OC.Cl. The molecule has 0 heterocycles. The molecule has 2 N–H and O–H groups in total. The number of ether oxygens (including phenoxy) is 2. The van der Waals surface area contributed by atoms with Crippen LogP contribution in [0.2, 0.25) is 0 Å². The Morgan fingerprint density at radius 1 is 1.23 bits per heavy atom. The van der Waals surface area contributed by atoms with Crippen LogP contribution in [0.5, 0.6) is 11.5 Å². The molecule has 0 radical (unpaired) electrons. The van der Waals surface area contributed by atoms with Crippen LogP contribution in [0.25, 0.3) is 0 Å². The van der Waals surface area contributed by atoms with E-state index in [-0.39, 0.29) is 12.4 Å². The first-order chi connectivity index (χ1) is 5.69. The van der Waals surface area contributed by atoms with E-state index in [0.29, 0.717) is 17.2 Å². The minimum Gasteiger partial charge on any atom is -0.493 e. The van der Waals surface area contributed by atoms with Gasteiger partial charge >= 0.3 is 0 Å². The Labute approximate surface area is 91.7 Å². The monoisotopic (exact) mass is 267 g/mol. The summed E-state index contributed by atoms with van der Waals surface area (Å²) < 4.78 is 11.0. The van der Waals surface area contributed by atoms with Crippen LogP contribution < -0.4 is 15.2 Å². The van der Waals surface area contributed by atoms with E-state index in [1.807, 2.05) is 0 Å². The van der Waals surface area contributed by atoms with E-state index in [0.717, 1.165) is 4.47 Å². The molecule has 1 aromatic rings. The Morgan fingerprint density at radius 3 is 2.31 bits per heavy atom. The highest BCUT2D eigenvalue weighted by molar-refractivity contribution is 9.10. The van der Waals surface area contributed by atoms with E-state index in [1.54, 1.807) is 26.4 Å². The standard InChI is InChI=1S/C8H10BrNO2.ClH/c1-11-7-4-5(9)3-6(10)8(7)12-2;/h3-4H,10H2,1-2H3;1H. The van der Waals surface area contributed by atoms with Gasteiger partial charge in [-0.2, -0.15) is 0 Å². The van der Waals surface area contributed by atoms with Crippen LogP contribution >= 0.6 is 28.3 Å². The van der Waals surface area contributed by atoms with Crippen molar-refractivity contribution in [1.82, 2.24) is 0 Å². The molecule has 0 bridgehead atoms. The molecule has 0 aromatic heterocycles. The Balaban J connectivity index is 0.00000144. The number of rotatable bonds is 2. The summed E-state index contributed by atoms with van der Waals surface area (Å²) in [5.74, 6) is 1.20. The first-order valence-electron chi connectivity index (χ1n) is 3.36. The molecular formula is C8H11BrClNO2. The van der Waals surface area contributed by atoms with Crippen LogP contribution in [0.3, 0.4) is 0 Å². The summed E-state index contributed by atoms with van der Waals surface area (Å²) in [6.45, 7) is 0. The fourth-order valence-electron chi connectivity index (χ4n) is 0.959. The van der Waals surface area contributed by atoms with E-state index >= 15 is 0 Å². The zero-order valence-corrected chi connectivity index (χ0v) is 9.74. The topological polar surface area (TPSA) is 44.5 Å². The van der Waals surface area contributed by atoms with Gasteiger partial charge in [-0.15, -0.1) is 12.4 Å². The van der Waals surface area contributed by atoms with Crippen molar-refractivity contribution in [2.45, 2.75) is 0 Å². The molecule has 1 aromatic carbocycles. The second-order valence-corrected chi connectivity index (χ2v) is 3.15. The lowest BCUT2D eigenvalue weighted by molar-refractivity contribution is 0.356. The lowest BCUT2D eigenvalue weighted by atomic mass is 10.3. The smallest absolute Gasteiger partial charge is 0.183 e. The fourth-order valence-corrected chi connectivity index (χ4v) is 1.41. The largest absolute Gasteiger partial charge is 0.493 e. The molecule has 0 fully saturated rings. The summed E-state index contributed by atoms with van der Waals surface area (Å²) in [5, 5.41) is 0. The van der Waals surface area contributed by atoms with E-state index < -0.39 is 0 Å². The van der Waals surface area contributed by atoms with Crippen LogP contribution in [-0.4, -0.2) is 14.2 Å². The average Bonchev–Trinajstić information content (AvgIpc) is 2.03. The van der Waals surface area contributed by atoms with Crippen molar-refractivity contribution >= 4 is 34.0 Å². The van der Waals surface area contributed by atoms with Gasteiger partial charge in [-0.3, -0.25) is 0 Å². The number of halogens is 2. The molecular weight excluding hydrogens is 257 g/mol. The number of nitrogens with two attached hydrogens (primary N) is 1. The summed E-state index contributed by atoms with van der Waals surface area (Å²) in [6.07, 6.45) is 0. The quantitative estimate of drug-likeness (QED) is 0.838. The van der Waals surface area contributed by atoms with Crippen LogP contribution in [-0.2, 0) is 0 Å². The summed E-state index contributed by atoms with van der Waals surface area (Å²) in [5.41, 5.74) is 6.23. The van der Waals surface area contributed by atoms with E-state index in [1.165, 1.54) is 0 Å². The van der Waals surface area contributed by atoms with Gasteiger partial charge in [0.25, 0.3) is 0 Å². The van der Waals surface area contributed by atoms with Crippen molar-refractivity contribution in [3.63, 3.8) is 0 Å². The first-order valence-corrected chi connectivity index (χ1v) is 4.15. The molecule has 13 heavy (non-hydrogen) atoms. The van der Waals surface area contributed by atoms with Gasteiger partial charge in [0, 0.05) is 4.47 Å².